The Kier molecular flexibility index (Phi) is 8.79. The molecule has 0 bridgehead atoms. The van der Waals surface area contributed by atoms with Gasteiger partial charge in [-0.1, -0.05) is 25.3 Å². The van der Waals surface area contributed by atoms with Gasteiger partial charge in [0.1, 0.15) is 0 Å². The lowest BCUT2D eigenvalue weighted by Crippen LogP contribution is -1.95. The van der Waals surface area contributed by atoms with Crippen molar-refractivity contribution in [1.29, 1.82) is 0 Å². The number of amides is 2. The van der Waals surface area contributed by atoms with Gasteiger partial charge in [-0.2, -0.15) is 0 Å². The maximum absolute atomic E-state index is 9.09. The van der Waals surface area contributed by atoms with Crippen molar-refractivity contribution in [3.8, 4) is 0 Å². The fourth-order valence-corrected chi connectivity index (χ4v) is 0. The van der Waals surface area contributed by atoms with Crippen LogP contribution in [0.1, 0.15) is 1.43 Å². The Hall–Kier alpha value is -0.360. The minimum Gasteiger partial charge on any atom is -0.361 e. The summed E-state index contributed by atoms with van der Waals surface area (Å²) in [7, 11) is 0. The second kappa shape index (κ2) is 6.64. The van der Waals surface area contributed by atoms with E-state index in [0.717, 1.165) is 0 Å². The lowest BCUT2D eigenvalue weighted by atomic mass is 11.5. The number of hydrogen-bond acceptors (Lipinski definition) is 2. The Bertz CT molecular complexity index is 78.6. The average molecular weight is 157 g/mol. The largest absolute Gasteiger partial charge is 0.361 e. The molecule has 0 saturated heterocycles. The van der Waals surface area contributed by atoms with E-state index >= 15 is 0 Å². The number of carbonyl (C=O) groups is 2. The molecule has 0 radical (unpaired) electrons. The maximum atomic E-state index is 9.09. The van der Waals surface area contributed by atoms with Gasteiger partial charge in [0.25, 0.3) is 10.5 Å². The van der Waals surface area contributed by atoms with Crippen molar-refractivity contribution in [2.75, 3.05) is 0 Å². The van der Waals surface area contributed by atoms with E-state index in [1.54, 1.807) is 0 Å². The molecule has 0 aliphatic carbocycles. The Morgan fingerprint density at radius 1 is 1.12 bits per heavy atom. The molecule has 50 valence electrons. The lowest BCUT2D eigenvalue weighted by molar-refractivity contribution is 0.266. The van der Waals surface area contributed by atoms with Crippen LogP contribution in [0, 0.1) is 0 Å². The second-order valence-electron chi connectivity index (χ2n) is 0.676. The van der Waals surface area contributed by atoms with Gasteiger partial charge in [-0.05, 0) is 0 Å². The van der Waals surface area contributed by atoms with Crippen molar-refractivity contribution in [3.63, 3.8) is 0 Å². The number of thiol groups is 2. The lowest BCUT2D eigenvalue weighted by Gasteiger charge is -1.59. The molecule has 0 rings (SSSR count). The third-order valence-electron chi connectivity index (χ3n) is 0. The van der Waals surface area contributed by atoms with Crippen molar-refractivity contribution in [2.24, 2.45) is 11.5 Å². The summed E-state index contributed by atoms with van der Waals surface area (Å²) in [6.45, 7) is 0. The first kappa shape index (κ1) is 10.6. The molecular weight excluding hydrogens is 148 g/mol. The van der Waals surface area contributed by atoms with Gasteiger partial charge in [0.05, 0.1) is 0 Å². The predicted molar refractivity (Wildman–Crippen MR) is 39.3 cm³/mol. The summed E-state index contributed by atoms with van der Waals surface area (Å²) < 4.78 is 0. The molecule has 0 heterocycles. The molecule has 0 fully saturated rings. The van der Waals surface area contributed by atoms with Gasteiger partial charge in [-0.25, -0.2) is 0 Å². The zero-order valence-corrected chi connectivity index (χ0v) is 5.65. The van der Waals surface area contributed by atoms with Crippen LogP contribution in [0.2, 0.25) is 0 Å². The molecule has 0 aliphatic heterocycles. The summed E-state index contributed by atoms with van der Waals surface area (Å²) >= 11 is 6.21. The Morgan fingerprint density at radius 3 is 1.12 bits per heavy atom. The van der Waals surface area contributed by atoms with E-state index < -0.39 is 10.5 Å². The minimum absolute atomic E-state index is 0. The second-order valence-corrected chi connectivity index (χ2v) is 1.56. The normalized spacial score (nSPS) is 6.25. The van der Waals surface area contributed by atoms with Crippen molar-refractivity contribution >= 4 is 35.7 Å². The van der Waals surface area contributed by atoms with Gasteiger partial charge in [-0.3, -0.25) is 9.59 Å². The topological polar surface area (TPSA) is 86.2 Å². The molecule has 0 aliphatic rings. The molecule has 0 unspecified atom stereocenters. The van der Waals surface area contributed by atoms with E-state index in [0.29, 0.717) is 0 Å². The smallest absolute Gasteiger partial charge is 0.273 e. The molecule has 6 heteroatoms. The Labute approximate surface area is 58.9 Å². The van der Waals surface area contributed by atoms with Crippen LogP contribution in [0.15, 0.2) is 0 Å². The fourth-order valence-electron chi connectivity index (χ4n) is 0. The summed E-state index contributed by atoms with van der Waals surface area (Å²) in [5.41, 5.74) is 8.67. The van der Waals surface area contributed by atoms with E-state index in [4.69, 9.17) is 9.59 Å². The number of primary amides is 2. The van der Waals surface area contributed by atoms with Crippen molar-refractivity contribution in [1.82, 2.24) is 0 Å². The van der Waals surface area contributed by atoms with Crippen LogP contribution in [-0.4, -0.2) is 10.5 Å². The zero-order chi connectivity index (χ0) is 7.15. The molecule has 0 aromatic rings. The highest BCUT2D eigenvalue weighted by Gasteiger charge is 1.63. The first-order valence-corrected chi connectivity index (χ1v) is 2.33. The zero-order valence-electron chi connectivity index (χ0n) is 3.87. The van der Waals surface area contributed by atoms with Crippen LogP contribution in [0.25, 0.3) is 0 Å². The number of nitrogens with two attached hydrogens (primary N) is 2. The van der Waals surface area contributed by atoms with Gasteiger partial charge in [0.2, 0.25) is 0 Å². The molecular formula is C2H8N2O2S2. The van der Waals surface area contributed by atoms with Crippen LogP contribution < -0.4 is 11.5 Å². The van der Waals surface area contributed by atoms with E-state index in [-0.39, 0.29) is 1.43 Å². The molecule has 4 N–H and O–H groups in total. The van der Waals surface area contributed by atoms with Gasteiger partial charge >= 0.3 is 0 Å². The summed E-state index contributed by atoms with van der Waals surface area (Å²) in [4.78, 5) is 18.2. The van der Waals surface area contributed by atoms with Crippen molar-refractivity contribution in [3.05, 3.63) is 0 Å². The Balaban J connectivity index is -0.0000000720. The van der Waals surface area contributed by atoms with E-state index in [9.17, 15) is 0 Å². The van der Waals surface area contributed by atoms with E-state index in [2.05, 4.69) is 36.7 Å². The number of hydrogen-bond donors (Lipinski definition) is 4. The summed E-state index contributed by atoms with van der Waals surface area (Å²) in [6.07, 6.45) is 0. The van der Waals surface area contributed by atoms with Crippen LogP contribution >= 0.6 is 25.3 Å². The molecule has 0 aromatic heterocycles. The Morgan fingerprint density at radius 2 is 1.12 bits per heavy atom. The first-order chi connectivity index (χ1) is 3.46. The van der Waals surface area contributed by atoms with Crippen molar-refractivity contribution < 1.29 is 11.0 Å². The average Bonchev–Trinajstić information content (AvgIpc) is 1.25. The molecule has 0 atom stereocenters. The molecule has 4 nitrogen and oxygen atoms in total. The highest BCUT2D eigenvalue weighted by Crippen LogP contribution is 1.61. The monoisotopic (exact) mass is 157 g/mol. The summed E-state index contributed by atoms with van der Waals surface area (Å²) in [5.74, 6) is 0. The quantitative estimate of drug-likeness (QED) is 0.379. The molecule has 2 amide bonds. The third kappa shape index (κ3) is 937. The third-order valence-corrected chi connectivity index (χ3v) is 0. The van der Waals surface area contributed by atoms with Gasteiger partial charge in [0, 0.05) is 1.43 Å². The minimum atomic E-state index is -0.639. The number of rotatable bonds is 0. The van der Waals surface area contributed by atoms with Gasteiger partial charge in [-0.15, -0.1) is 0 Å². The molecule has 0 aromatic carbocycles. The predicted octanol–water partition coefficient (Wildman–Crippen LogP) is 0.236. The van der Waals surface area contributed by atoms with Crippen molar-refractivity contribution in [2.45, 2.75) is 0 Å². The van der Waals surface area contributed by atoms with Crippen LogP contribution in [0.3, 0.4) is 0 Å². The number of carbonyl (C=O) groups excluding carboxylic acids is 2. The van der Waals surface area contributed by atoms with E-state index in [1.165, 1.54) is 0 Å². The standard InChI is InChI=1S/2CH3NOS.H2/c2*2-1(3)4;/h2*(H3,2,3,4);1H/i;;1+1. The fraction of sp³-hybridized carbons (Fsp3) is 0. The summed E-state index contributed by atoms with van der Waals surface area (Å²) in [6, 6.07) is 0. The van der Waals surface area contributed by atoms with Crippen LogP contribution in [-0.2, 0) is 0 Å². The van der Waals surface area contributed by atoms with Crippen LogP contribution in [0.5, 0.6) is 0 Å². The summed E-state index contributed by atoms with van der Waals surface area (Å²) in [5, 5.41) is -1.28. The molecule has 8 heavy (non-hydrogen) atoms. The SMILES string of the molecule is NC(=O)S.NC(=O)S.[2HH]. The van der Waals surface area contributed by atoms with Gasteiger partial charge < -0.3 is 11.5 Å². The molecule has 0 spiro atoms. The highest BCUT2D eigenvalue weighted by atomic mass is 32.1. The maximum Gasteiger partial charge on any atom is 0.273 e. The van der Waals surface area contributed by atoms with Gasteiger partial charge in [0.15, 0.2) is 0 Å². The highest BCUT2D eigenvalue weighted by molar-refractivity contribution is 7.96. The molecule has 0 saturated carbocycles. The first-order valence-electron chi connectivity index (χ1n) is 1.43. The van der Waals surface area contributed by atoms with Crippen LogP contribution in [0.4, 0.5) is 9.59 Å². The van der Waals surface area contributed by atoms with E-state index in [1.807, 2.05) is 0 Å².